The number of fused-ring (bicyclic) bond motifs is 4. The van der Waals surface area contributed by atoms with E-state index in [2.05, 4.69) is 412 Å². The van der Waals surface area contributed by atoms with E-state index >= 15 is 0 Å². The predicted molar refractivity (Wildman–Crippen MR) is 426 cm³/mol. The van der Waals surface area contributed by atoms with Gasteiger partial charge < -0.3 is 19.6 Å². The normalized spacial score (nSPS) is 12.8. The molecule has 13 aromatic rings. The van der Waals surface area contributed by atoms with Gasteiger partial charge in [0.1, 0.15) is 0 Å². The molecule has 0 atom stereocenters. The van der Waals surface area contributed by atoms with Crippen molar-refractivity contribution in [3.63, 3.8) is 0 Å². The van der Waals surface area contributed by atoms with Crippen LogP contribution in [0.4, 0.5) is 68.2 Å². The Morgan fingerprint density at radius 3 is 0.727 bits per heavy atom. The molecule has 0 aliphatic carbocycles. The van der Waals surface area contributed by atoms with Gasteiger partial charge in [-0.1, -0.05) is 308 Å². The Labute approximate surface area is 588 Å². The Kier molecular flexibility index (Phi) is 16.3. The first-order chi connectivity index (χ1) is 47.7. The Morgan fingerprint density at radius 1 is 0.232 bits per heavy atom. The van der Waals surface area contributed by atoms with Crippen LogP contribution in [-0.2, 0) is 21.7 Å². The fourth-order valence-electron chi connectivity index (χ4n) is 15.0. The number of rotatable bonds is 12. The van der Waals surface area contributed by atoms with Crippen LogP contribution < -0.4 is 36.0 Å². The maximum absolute atomic E-state index is 2.64. The molecule has 13 aromatic carbocycles. The van der Waals surface area contributed by atoms with Crippen LogP contribution in [0.3, 0.4) is 0 Å². The smallest absolute Gasteiger partial charge is 0.252 e. The SMILES string of the molecule is CC(C)(C)c1ccc(N(c2ccc(C(C)(C)C)cc2)c2ccc3c(c2)N(c2c(-c4ccccc4)cccc2-c2ccccc2)c2cccc4c2B3c2ccc(N(c3ccc(C(C)(C)C)cc3)c3ccc(C(C)(C)C)cc3)cc2N4c2c(-c3ccccc3)cccc2-c2ccccc2)cc1. The zero-order valence-corrected chi connectivity index (χ0v) is 59.3. The first kappa shape index (κ1) is 64.1. The van der Waals surface area contributed by atoms with Crippen molar-refractivity contribution < 1.29 is 0 Å². The van der Waals surface area contributed by atoms with Gasteiger partial charge in [0.25, 0.3) is 6.71 Å². The summed E-state index contributed by atoms with van der Waals surface area (Å²) < 4.78 is 0. The van der Waals surface area contributed by atoms with Crippen LogP contribution in [-0.4, -0.2) is 6.71 Å². The van der Waals surface area contributed by atoms with E-state index in [1.165, 1.54) is 38.6 Å². The van der Waals surface area contributed by atoms with Crippen LogP contribution >= 0.6 is 0 Å². The zero-order chi connectivity index (χ0) is 68.5. The highest BCUT2D eigenvalue weighted by molar-refractivity contribution is 7.00. The number of para-hydroxylation sites is 2. The lowest BCUT2D eigenvalue weighted by Gasteiger charge is -2.46. The Hall–Kier alpha value is -10.9. The van der Waals surface area contributed by atoms with Gasteiger partial charge in [-0.3, -0.25) is 0 Å². The second-order valence-corrected chi connectivity index (χ2v) is 31.0. The quantitative estimate of drug-likeness (QED) is 0.113. The zero-order valence-electron chi connectivity index (χ0n) is 59.3. The summed E-state index contributed by atoms with van der Waals surface area (Å²) in [5.41, 5.74) is 31.1. The van der Waals surface area contributed by atoms with Gasteiger partial charge in [0.15, 0.2) is 0 Å². The van der Waals surface area contributed by atoms with Crippen molar-refractivity contribution in [3.05, 3.63) is 332 Å². The van der Waals surface area contributed by atoms with Gasteiger partial charge in [0, 0.05) is 79.1 Å². The summed E-state index contributed by atoms with van der Waals surface area (Å²) in [7, 11) is 0. The predicted octanol–water partition coefficient (Wildman–Crippen LogP) is 24.6. The fourth-order valence-corrected chi connectivity index (χ4v) is 15.0. The molecule has 486 valence electrons. The first-order valence-corrected chi connectivity index (χ1v) is 35.2. The van der Waals surface area contributed by atoms with Crippen LogP contribution in [0.25, 0.3) is 44.5 Å². The second kappa shape index (κ2) is 25.2. The molecule has 2 heterocycles. The van der Waals surface area contributed by atoms with Crippen molar-refractivity contribution in [2.45, 2.75) is 105 Å². The summed E-state index contributed by atoms with van der Waals surface area (Å²) in [6.45, 7) is 27.3. The largest absolute Gasteiger partial charge is 0.310 e. The molecule has 5 heteroatoms. The van der Waals surface area contributed by atoms with Crippen molar-refractivity contribution in [2.75, 3.05) is 19.6 Å². The van der Waals surface area contributed by atoms with Crippen LogP contribution in [0, 0.1) is 0 Å². The molecule has 0 bridgehead atoms. The molecule has 2 aliphatic heterocycles. The third-order valence-electron chi connectivity index (χ3n) is 20.3. The summed E-state index contributed by atoms with van der Waals surface area (Å²) in [5.74, 6) is 0. The minimum absolute atomic E-state index is 0.0219. The molecular formula is C94H87BN4. The summed E-state index contributed by atoms with van der Waals surface area (Å²) in [5, 5.41) is 0. The van der Waals surface area contributed by atoms with Gasteiger partial charge in [0.05, 0.1) is 11.4 Å². The van der Waals surface area contributed by atoms with Crippen LogP contribution in [0.5, 0.6) is 0 Å². The third-order valence-corrected chi connectivity index (χ3v) is 20.3. The molecule has 0 saturated heterocycles. The topological polar surface area (TPSA) is 13.0 Å². The van der Waals surface area contributed by atoms with Crippen molar-refractivity contribution in [1.82, 2.24) is 0 Å². The lowest BCUT2D eigenvalue weighted by molar-refractivity contribution is 0.590. The van der Waals surface area contributed by atoms with E-state index in [1.54, 1.807) is 0 Å². The van der Waals surface area contributed by atoms with Gasteiger partial charge >= 0.3 is 0 Å². The minimum atomic E-state index is -0.221. The van der Waals surface area contributed by atoms with Crippen LogP contribution in [0.15, 0.2) is 309 Å². The molecular weight excluding hydrogens is 1200 g/mol. The maximum atomic E-state index is 2.64. The summed E-state index contributed by atoms with van der Waals surface area (Å²) >= 11 is 0. The van der Waals surface area contributed by atoms with Crippen molar-refractivity contribution in [1.29, 1.82) is 0 Å². The molecule has 0 fully saturated rings. The van der Waals surface area contributed by atoms with Crippen molar-refractivity contribution in [2.24, 2.45) is 0 Å². The molecule has 0 radical (unpaired) electrons. The van der Waals surface area contributed by atoms with Crippen LogP contribution in [0.1, 0.15) is 105 Å². The molecule has 2 aliphatic rings. The Bertz CT molecular complexity index is 4530. The minimum Gasteiger partial charge on any atom is -0.310 e. The van der Waals surface area contributed by atoms with E-state index in [1.807, 2.05) is 0 Å². The number of anilines is 12. The molecule has 99 heavy (non-hydrogen) atoms. The highest BCUT2D eigenvalue weighted by atomic mass is 15.2. The van der Waals surface area contributed by atoms with E-state index < -0.39 is 0 Å². The number of hydrogen-bond acceptors (Lipinski definition) is 4. The molecule has 0 spiro atoms. The average molecular weight is 1280 g/mol. The van der Waals surface area contributed by atoms with E-state index in [-0.39, 0.29) is 28.4 Å². The van der Waals surface area contributed by atoms with Crippen LogP contribution in [0.2, 0.25) is 0 Å². The molecule has 0 unspecified atom stereocenters. The number of benzene rings is 13. The Balaban J connectivity index is 1.06. The van der Waals surface area contributed by atoms with Gasteiger partial charge in [0.2, 0.25) is 0 Å². The lowest BCUT2D eigenvalue weighted by atomic mass is 9.33. The van der Waals surface area contributed by atoms with E-state index in [0.717, 1.165) is 113 Å². The second-order valence-electron chi connectivity index (χ2n) is 31.0. The Morgan fingerprint density at radius 2 is 0.475 bits per heavy atom. The van der Waals surface area contributed by atoms with E-state index in [9.17, 15) is 0 Å². The van der Waals surface area contributed by atoms with Crippen molar-refractivity contribution in [3.8, 4) is 44.5 Å². The standard InChI is InChI=1S/C94H87BN4/c1-91(2,3)68-42-50-72(51-43-68)96(73-52-44-69(45-53-73)92(4,5)6)76-58-60-82-86(62-76)98(89-78(64-28-17-13-18-29-64)36-25-37-79(89)65-30-19-14-20-31-65)84-40-27-41-85-88(84)95(82)83-61-59-77(97(74-54-46-70(47-55-74)93(7,8)9)75-56-48-71(49-57-75)94(10,11)12)63-87(83)99(85)90-80(66-32-21-15-22-33-66)38-26-39-81(90)67-34-23-16-24-35-67/h13-63H,1-12H3. The number of nitrogens with zero attached hydrogens (tertiary/aromatic N) is 4. The van der Waals surface area contributed by atoms with E-state index in [0.29, 0.717) is 0 Å². The van der Waals surface area contributed by atoms with Gasteiger partial charge in [-0.25, -0.2) is 0 Å². The summed E-state index contributed by atoms with van der Waals surface area (Å²) in [6, 6.07) is 117. The molecule has 0 N–H and O–H groups in total. The highest BCUT2D eigenvalue weighted by Gasteiger charge is 2.45. The van der Waals surface area contributed by atoms with Gasteiger partial charge in [-0.2, -0.15) is 0 Å². The third kappa shape index (κ3) is 12.0. The van der Waals surface area contributed by atoms with Gasteiger partial charge in [-0.15, -0.1) is 0 Å². The molecule has 4 nitrogen and oxygen atoms in total. The molecule has 0 aromatic heterocycles. The molecule has 15 rings (SSSR count). The monoisotopic (exact) mass is 1280 g/mol. The molecule has 0 amide bonds. The van der Waals surface area contributed by atoms with Gasteiger partial charge in [-0.05, 0) is 167 Å². The number of hydrogen-bond donors (Lipinski definition) is 0. The first-order valence-electron chi connectivity index (χ1n) is 35.2. The highest BCUT2D eigenvalue weighted by Crippen LogP contribution is 2.54. The average Bonchev–Trinajstić information content (AvgIpc) is 0.692. The summed E-state index contributed by atoms with van der Waals surface area (Å²) in [4.78, 5) is 10.2. The van der Waals surface area contributed by atoms with Crippen molar-refractivity contribution >= 4 is 91.3 Å². The lowest BCUT2D eigenvalue weighted by Crippen LogP contribution is -2.61. The van der Waals surface area contributed by atoms with E-state index in [4.69, 9.17) is 0 Å². The summed E-state index contributed by atoms with van der Waals surface area (Å²) in [6.07, 6.45) is 0. The molecule has 0 saturated carbocycles. The fraction of sp³-hybridized carbons (Fsp3) is 0.170. The maximum Gasteiger partial charge on any atom is 0.252 e.